The van der Waals surface area contributed by atoms with Gasteiger partial charge in [-0.1, -0.05) is 6.07 Å². The van der Waals surface area contributed by atoms with Crippen LogP contribution in [0.4, 0.5) is 14.9 Å². The van der Waals surface area contributed by atoms with Crippen molar-refractivity contribution in [2.75, 3.05) is 31.2 Å². The van der Waals surface area contributed by atoms with E-state index in [2.05, 4.69) is 0 Å². The number of carbonyl (C=O) groups is 2. The summed E-state index contributed by atoms with van der Waals surface area (Å²) < 4.78 is 19.9. The summed E-state index contributed by atoms with van der Waals surface area (Å²) in [5.41, 5.74) is 2.07. The molecule has 2 saturated heterocycles. The zero-order chi connectivity index (χ0) is 18.2. The number of likely N-dealkylation sites (tertiary alicyclic amines) is 1. The number of fused-ring (bicyclic) bond motifs is 4. The highest BCUT2D eigenvalue weighted by atomic mass is 19.1. The lowest BCUT2D eigenvalue weighted by Crippen LogP contribution is -2.34. The van der Waals surface area contributed by atoms with Crippen LogP contribution in [0.5, 0.6) is 0 Å². The van der Waals surface area contributed by atoms with Crippen molar-refractivity contribution in [3.8, 4) is 0 Å². The Morgan fingerprint density at radius 2 is 2.00 bits per heavy atom. The van der Waals surface area contributed by atoms with E-state index >= 15 is 0 Å². The molecule has 138 valence electrons. The standard InChI is InChI=1S/C18H19FN2O5/c19-12-3-13-8(2-14-15(6-22)26-18(25)21(13)14)1-9(12)17-10-4-20(5-11(10)17)16(24)7-23/h1,3,10-11,14-15,17,22-23H,2,4-7H2/t10?,11?,14-,15-,17?/m0/s1. The van der Waals surface area contributed by atoms with Crippen molar-refractivity contribution in [1.29, 1.82) is 0 Å². The molecule has 0 radical (unpaired) electrons. The van der Waals surface area contributed by atoms with Crippen LogP contribution in [0.25, 0.3) is 0 Å². The number of halogens is 1. The predicted octanol–water partition coefficient (Wildman–Crippen LogP) is 0.232. The first-order valence-electron chi connectivity index (χ1n) is 8.85. The van der Waals surface area contributed by atoms with Crippen molar-refractivity contribution in [2.45, 2.75) is 24.5 Å². The van der Waals surface area contributed by atoms with E-state index in [1.165, 1.54) is 11.0 Å². The number of carbonyl (C=O) groups excluding carboxylic acids is 2. The Labute approximate surface area is 148 Å². The lowest BCUT2D eigenvalue weighted by Gasteiger charge is -2.19. The lowest BCUT2D eigenvalue weighted by molar-refractivity contribution is -0.133. The molecule has 26 heavy (non-hydrogen) atoms. The Hall–Kier alpha value is -2.19. The molecule has 3 heterocycles. The van der Waals surface area contributed by atoms with Crippen LogP contribution in [-0.4, -0.2) is 65.6 Å². The van der Waals surface area contributed by atoms with Crippen molar-refractivity contribution < 1.29 is 28.9 Å². The number of benzene rings is 1. The third kappa shape index (κ3) is 2.05. The van der Waals surface area contributed by atoms with E-state index in [4.69, 9.17) is 9.84 Å². The number of piperidine rings is 1. The summed E-state index contributed by atoms with van der Waals surface area (Å²) in [5.74, 6) is -0.0773. The molecule has 8 heteroatoms. The van der Waals surface area contributed by atoms with Gasteiger partial charge in [-0.15, -0.1) is 0 Å². The molecular formula is C18H19FN2O5. The number of rotatable bonds is 3. The van der Waals surface area contributed by atoms with Crippen LogP contribution < -0.4 is 4.90 Å². The number of hydrogen-bond donors (Lipinski definition) is 2. The van der Waals surface area contributed by atoms with Gasteiger partial charge in [0.15, 0.2) is 0 Å². The Kier molecular flexibility index (Phi) is 3.33. The average Bonchev–Trinajstić information content (AvgIpc) is 2.98. The van der Waals surface area contributed by atoms with E-state index < -0.39 is 18.8 Å². The topological polar surface area (TPSA) is 90.3 Å². The maximum atomic E-state index is 14.8. The molecule has 1 aliphatic carbocycles. The summed E-state index contributed by atoms with van der Waals surface area (Å²) in [6, 6.07) is 2.95. The number of anilines is 1. The maximum absolute atomic E-state index is 14.8. The van der Waals surface area contributed by atoms with Gasteiger partial charge in [-0.05, 0) is 41.4 Å². The first-order valence-corrected chi connectivity index (χ1v) is 8.85. The van der Waals surface area contributed by atoms with Crippen molar-refractivity contribution in [3.05, 3.63) is 29.1 Å². The predicted molar refractivity (Wildman–Crippen MR) is 87.1 cm³/mol. The Bertz CT molecular complexity index is 803. The highest BCUT2D eigenvalue weighted by molar-refractivity contribution is 5.93. The molecule has 2 amide bonds. The largest absolute Gasteiger partial charge is 0.441 e. The van der Waals surface area contributed by atoms with Crippen LogP contribution in [0.15, 0.2) is 12.1 Å². The fourth-order valence-corrected chi connectivity index (χ4v) is 5.01. The van der Waals surface area contributed by atoms with Gasteiger partial charge in [-0.3, -0.25) is 9.69 Å². The smallest absolute Gasteiger partial charge is 0.415 e. The number of amides is 2. The fraction of sp³-hybridized carbons (Fsp3) is 0.556. The van der Waals surface area contributed by atoms with E-state index in [-0.39, 0.29) is 42.1 Å². The van der Waals surface area contributed by atoms with Gasteiger partial charge in [0.2, 0.25) is 5.91 Å². The molecule has 3 aliphatic heterocycles. The molecular weight excluding hydrogens is 343 g/mol. The monoisotopic (exact) mass is 362 g/mol. The minimum atomic E-state index is -0.584. The molecule has 0 spiro atoms. The number of aliphatic hydroxyl groups excluding tert-OH is 2. The molecule has 5 rings (SSSR count). The zero-order valence-electron chi connectivity index (χ0n) is 14.0. The Morgan fingerprint density at radius 3 is 2.65 bits per heavy atom. The molecule has 4 atom stereocenters. The van der Waals surface area contributed by atoms with Crippen LogP contribution in [0.3, 0.4) is 0 Å². The van der Waals surface area contributed by atoms with Crippen LogP contribution in [0, 0.1) is 17.7 Å². The number of nitrogens with zero attached hydrogens (tertiary/aromatic N) is 2. The van der Waals surface area contributed by atoms with Gasteiger partial charge in [0, 0.05) is 13.1 Å². The minimum Gasteiger partial charge on any atom is -0.441 e. The Balaban J connectivity index is 1.39. The summed E-state index contributed by atoms with van der Waals surface area (Å²) in [6.07, 6.45) is -0.585. The van der Waals surface area contributed by atoms with E-state index in [0.29, 0.717) is 30.8 Å². The summed E-state index contributed by atoms with van der Waals surface area (Å²) in [6.45, 7) is 0.367. The van der Waals surface area contributed by atoms with E-state index in [9.17, 15) is 19.1 Å². The third-order valence-corrected chi connectivity index (χ3v) is 6.32. The maximum Gasteiger partial charge on any atom is 0.415 e. The second kappa shape index (κ2) is 5.40. The molecule has 0 aromatic heterocycles. The van der Waals surface area contributed by atoms with Gasteiger partial charge < -0.3 is 19.8 Å². The van der Waals surface area contributed by atoms with Gasteiger partial charge >= 0.3 is 6.09 Å². The molecule has 0 bridgehead atoms. The van der Waals surface area contributed by atoms with Crippen molar-refractivity contribution in [3.63, 3.8) is 0 Å². The molecule has 1 aromatic rings. The van der Waals surface area contributed by atoms with Crippen LogP contribution in [-0.2, 0) is 16.0 Å². The summed E-state index contributed by atoms with van der Waals surface area (Å²) in [4.78, 5) is 26.7. The molecule has 7 nitrogen and oxygen atoms in total. The number of ether oxygens (including phenoxy) is 1. The summed E-state index contributed by atoms with van der Waals surface area (Å²) in [7, 11) is 0. The normalized spacial score (nSPS) is 33.8. The van der Waals surface area contributed by atoms with E-state index in [1.54, 1.807) is 4.90 Å². The number of aliphatic hydroxyl groups is 2. The second-order valence-electron chi connectivity index (χ2n) is 7.56. The van der Waals surface area contributed by atoms with Gasteiger partial charge in [0.1, 0.15) is 18.5 Å². The third-order valence-electron chi connectivity index (χ3n) is 6.32. The summed E-state index contributed by atoms with van der Waals surface area (Å²) in [5, 5.41) is 18.3. The first kappa shape index (κ1) is 16.0. The fourth-order valence-electron chi connectivity index (χ4n) is 5.01. The van der Waals surface area contributed by atoms with Gasteiger partial charge in [0.05, 0.1) is 18.3 Å². The number of cyclic esters (lactones) is 1. The summed E-state index contributed by atoms with van der Waals surface area (Å²) >= 11 is 0. The Morgan fingerprint density at radius 1 is 1.27 bits per heavy atom. The van der Waals surface area contributed by atoms with Crippen LogP contribution in [0.1, 0.15) is 17.0 Å². The molecule has 2 unspecified atom stereocenters. The quantitative estimate of drug-likeness (QED) is 0.804. The van der Waals surface area contributed by atoms with Crippen molar-refractivity contribution >= 4 is 17.7 Å². The number of hydrogen-bond acceptors (Lipinski definition) is 5. The van der Waals surface area contributed by atoms with Gasteiger partial charge in [-0.2, -0.15) is 0 Å². The second-order valence-corrected chi connectivity index (χ2v) is 7.56. The highest BCUT2D eigenvalue weighted by Gasteiger charge is 2.58. The van der Waals surface area contributed by atoms with Crippen LogP contribution >= 0.6 is 0 Å². The van der Waals surface area contributed by atoms with E-state index in [0.717, 1.165) is 5.56 Å². The van der Waals surface area contributed by atoms with Crippen molar-refractivity contribution in [1.82, 2.24) is 4.90 Å². The van der Waals surface area contributed by atoms with Gasteiger partial charge in [0.25, 0.3) is 0 Å². The minimum absolute atomic E-state index is 0.0825. The van der Waals surface area contributed by atoms with Crippen LogP contribution in [0.2, 0.25) is 0 Å². The average molecular weight is 362 g/mol. The van der Waals surface area contributed by atoms with Crippen molar-refractivity contribution in [2.24, 2.45) is 11.8 Å². The SMILES string of the molecule is O=C(CO)N1CC2C(C1)C2c1cc2c(cc1F)N1C(=O)O[C@@H](CO)[C@@H]1C2. The van der Waals surface area contributed by atoms with Gasteiger partial charge in [-0.25, -0.2) is 9.18 Å². The molecule has 2 N–H and O–H groups in total. The molecule has 4 aliphatic rings. The highest BCUT2D eigenvalue weighted by Crippen LogP contribution is 2.59. The zero-order valence-corrected chi connectivity index (χ0v) is 14.0. The first-order chi connectivity index (χ1) is 12.5. The molecule has 1 saturated carbocycles. The lowest BCUT2D eigenvalue weighted by atomic mass is 9.99. The molecule has 1 aromatic carbocycles. The molecule has 3 fully saturated rings. The van der Waals surface area contributed by atoms with E-state index in [1.807, 2.05) is 6.07 Å².